The van der Waals surface area contributed by atoms with Crippen molar-refractivity contribution in [3.05, 3.63) is 23.2 Å². The Morgan fingerprint density at radius 3 is 2.50 bits per heavy atom. The van der Waals surface area contributed by atoms with Crippen molar-refractivity contribution in [2.75, 3.05) is 27.2 Å². The molecule has 0 saturated heterocycles. The summed E-state index contributed by atoms with van der Waals surface area (Å²) in [6.07, 6.45) is 0. The summed E-state index contributed by atoms with van der Waals surface area (Å²) in [5.41, 5.74) is 5.34. The Hall–Kier alpha value is -0.820. The number of ether oxygens (including phenoxy) is 1. The predicted octanol–water partition coefficient (Wildman–Crippen LogP) is 1.95. The van der Waals surface area contributed by atoms with E-state index in [0.717, 1.165) is 0 Å². The van der Waals surface area contributed by atoms with Gasteiger partial charge in [0, 0.05) is 24.7 Å². The Labute approximate surface area is 125 Å². The number of hydrogen-bond acceptors (Lipinski definition) is 4. The lowest BCUT2D eigenvalue weighted by atomic mass is 9.94. The molecule has 0 aliphatic rings. The van der Waals surface area contributed by atoms with Crippen LogP contribution in [0.2, 0.25) is 5.02 Å². The Balaban J connectivity index is 3.17. The quantitative estimate of drug-likeness (QED) is 0.869. The minimum absolute atomic E-state index is 0.0970. The van der Waals surface area contributed by atoms with E-state index in [1.54, 1.807) is 0 Å². The van der Waals surface area contributed by atoms with Gasteiger partial charge in [0.05, 0.1) is 7.11 Å². The molecule has 0 atom stereocenters. The molecule has 1 aromatic carbocycles. The van der Waals surface area contributed by atoms with Gasteiger partial charge in [-0.1, -0.05) is 25.4 Å². The number of benzene rings is 1. The number of methoxy groups -OCH3 is 1. The van der Waals surface area contributed by atoms with Crippen molar-refractivity contribution in [2.24, 2.45) is 11.1 Å². The number of halogens is 1. The fourth-order valence-electron chi connectivity index (χ4n) is 1.77. The van der Waals surface area contributed by atoms with Gasteiger partial charge in [-0.05, 0) is 24.1 Å². The van der Waals surface area contributed by atoms with E-state index in [9.17, 15) is 8.42 Å². The standard InChI is InChI=1S/C13H21ClN2O3S/c1-13(2,8-15)9-16(3)20(17,18)12-6-5-10(14)7-11(12)19-4/h5-7H,8-9,15H2,1-4H3. The third kappa shape index (κ3) is 3.85. The normalized spacial score (nSPS) is 12.8. The minimum Gasteiger partial charge on any atom is -0.495 e. The number of nitrogens with two attached hydrogens (primary N) is 1. The first-order valence-corrected chi connectivity index (χ1v) is 7.96. The van der Waals surface area contributed by atoms with Crippen molar-refractivity contribution in [3.8, 4) is 5.75 Å². The lowest BCUT2D eigenvalue weighted by molar-refractivity contribution is 0.291. The lowest BCUT2D eigenvalue weighted by Gasteiger charge is -2.28. The van der Waals surface area contributed by atoms with Gasteiger partial charge in [0.25, 0.3) is 0 Å². The van der Waals surface area contributed by atoms with E-state index in [1.165, 1.54) is 36.7 Å². The molecule has 0 bridgehead atoms. The highest BCUT2D eigenvalue weighted by molar-refractivity contribution is 7.89. The Kier molecular flexibility index (Phi) is 5.43. The van der Waals surface area contributed by atoms with Crippen molar-refractivity contribution in [1.29, 1.82) is 0 Å². The summed E-state index contributed by atoms with van der Waals surface area (Å²) in [6.45, 7) is 4.54. The molecule has 1 aromatic rings. The zero-order chi connectivity index (χ0) is 15.6. The number of hydrogen-bond donors (Lipinski definition) is 1. The molecule has 0 amide bonds. The van der Waals surface area contributed by atoms with Gasteiger partial charge in [-0.15, -0.1) is 0 Å². The second-order valence-electron chi connectivity index (χ2n) is 5.42. The predicted molar refractivity (Wildman–Crippen MR) is 80.7 cm³/mol. The molecule has 0 aliphatic heterocycles. The van der Waals surface area contributed by atoms with Crippen LogP contribution in [0.3, 0.4) is 0 Å². The molecular formula is C13H21ClN2O3S. The van der Waals surface area contributed by atoms with E-state index in [1.807, 2.05) is 13.8 Å². The molecule has 0 unspecified atom stereocenters. The van der Waals surface area contributed by atoms with E-state index in [0.29, 0.717) is 18.1 Å². The topological polar surface area (TPSA) is 72.6 Å². The van der Waals surface area contributed by atoms with Crippen molar-refractivity contribution in [3.63, 3.8) is 0 Å². The fraction of sp³-hybridized carbons (Fsp3) is 0.538. The van der Waals surface area contributed by atoms with Crippen LogP contribution in [0.5, 0.6) is 5.75 Å². The van der Waals surface area contributed by atoms with Crippen molar-refractivity contribution >= 4 is 21.6 Å². The van der Waals surface area contributed by atoms with Crippen LogP contribution >= 0.6 is 11.6 Å². The van der Waals surface area contributed by atoms with Gasteiger partial charge >= 0.3 is 0 Å². The van der Waals surface area contributed by atoms with Crippen LogP contribution in [-0.2, 0) is 10.0 Å². The first-order chi connectivity index (χ1) is 9.14. The molecule has 1 rings (SSSR count). The minimum atomic E-state index is -3.65. The lowest BCUT2D eigenvalue weighted by Crippen LogP contribution is -2.39. The molecule has 0 heterocycles. The van der Waals surface area contributed by atoms with Gasteiger partial charge in [0.2, 0.25) is 10.0 Å². The third-order valence-electron chi connectivity index (χ3n) is 3.02. The smallest absolute Gasteiger partial charge is 0.246 e. The maximum atomic E-state index is 12.6. The molecule has 114 valence electrons. The van der Waals surface area contributed by atoms with Crippen LogP contribution in [0.15, 0.2) is 23.1 Å². The molecule has 20 heavy (non-hydrogen) atoms. The van der Waals surface area contributed by atoms with E-state index >= 15 is 0 Å². The van der Waals surface area contributed by atoms with E-state index in [-0.39, 0.29) is 16.1 Å². The Morgan fingerprint density at radius 2 is 2.00 bits per heavy atom. The molecule has 0 fully saturated rings. The summed E-state index contributed by atoms with van der Waals surface area (Å²) < 4.78 is 31.5. The molecular weight excluding hydrogens is 300 g/mol. The third-order valence-corrected chi connectivity index (χ3v) is 5.10. The SMILES string of the molecule is COc1cc(Cl)ccc1S(=O)(=O)N(C)CC(C)(C)CN. The van der Waals surface area contributed by atoms with Gasteiger partial charge in [-0.25, -0.2) is 12.7 Å². The highest BCUT2D eigenvalue weighted by atomic mass is 35.5. The number of sulfonamides is 1. The summed E-state index contributed by atoms with van der Waals surface area (Å²) in [4.78, 5) is 0.0970. The Morgan fingerprint density at radius 1 is 1.40 bits per heavy atom. The van der Waals surface area contributed by atoms with Gasteiger partial charge < -0.3 is 10.5 Å². The van der Waals surface area contributed by atoms with Crippen LogP contribution in [0, 0.1) is 5.41 Å². The van der Waals surface area contributed by atoms with E-state index < -0.39 is 10.0 Å². The second kappa shape index (κ2) is 6.30. The highest BCUT2D eigenvalue weighted by Crippen LogP contribution is 2.30. The molecule has 0 aliphatic carbocycles. The summed E-state index contributed by atoms with van der Waals surface area (Å²) in [6, 6.07) is 4.46. The second-order valence-corrected chi connectivity index (χ2v) is 7.87. The monoisotopic (exact) mass is 320 g/mol. The summed E-state index contributed by atoms with van der Waals surface area (Å²) in [5, 5.41) is 0.422. The molecule has 0 radical (unpaired) electrons. The van der Waals surface area contributed by atoms with E-state index in [2.05, 4.69) is 0 Å². The van der Waals surface area contributed by atoms with Crippen molar-refractivity contribution in [2.45, 2.75) is 18.7 Å². The Bertz CT molecular complexity index is 573. The molecule has 5 nitrogen and oxygen atoms in total. The number of nitrogens with zero attached hydrogens (tertiary/aromatic N) is 1. The van der Waals surface area contributed by atoms with Gasteiger partial charge in [-0.3, -0.25) is 0 Å². The summed E-state index contributed by atoms with van der Waals surface area (Å²) >= 11 is 5.85. The van der Waals surface area contributed by atoms with Gasteiger partial charge in [0.1, 0.15) is 10.6 Å². The average Bonchev–Trinajstić information content (AvgIpc) is 2.37. The summed E-state index contributed by atoms with van der Waals surface area (Å²) in [5.74, 6) is 0.231. The molecule has 2 N–H and O–H groups in total. The van der Waals surface area contributed by atoms with Crippen molar-refractivity contribution in [1.82, 2.24) is 4.31 Å². The molecule has 0 spiro atoms. The van der Waals surface area contributed by atoms with Crippen LogP contribution < -0.4 is 10.5 Å². The van der Waals surface area contributed by atoms with Gasteiger partial charge in [0.15, 0.2) is 0 Å². The molecule has 7 heteroatoms. The van der Waals surface area contributed by atoms with Gasteiger partial charge in [-0.2, -0.15) is 0 Å². The van der Waals surface area contributed by atoms with Crippen LogP contribution in [-0.4, -0.2) is 40.0 Å². The van der Waals surface area contributed by atoms with Crippen LogP contribution in [0.4, 0.5) is 0 Å². The zero-order valence-electron chi connectivity index (χ0n) is 12.2. The van der Waals surface area contributed by atoms with E-state index in [4.69, 9.17) is 22.1 Å². The largest absolute Gasteiger partial charge is 0.495 e. The maximum Gasteiger partial charge on any atom is 0.246 e. The zero-order valence-corrected chi connectivity index (χ0v) is 13.8. The van der Waals surface area contributed by atoms with Crippen LogP contribution in [0.25, 0.3) is 0 Å². The van der Waals surface area contributed by atoms with Crippen LogP contribution in [0.1, 0.15) is 13.8 Å². The maximum absolute atomic E-state index is 12.6. The molecule has 0 saturated carbocycles. The highest BCUT2D eigenvalue weighted by Gasteiger charge is 2.29. The average molecular weight is 321 g/mol. The first kappa shape index (κ1) is 17.2. The number of rotatable bonds is 6. The first-order valence-electron chi connectivity index (χ1n) is 6.14. The van der Waals surface area contributed by atoms with Crippen molar-refractivity contribution < 1.29 is 13.2 Å². The fourth-order valence-corrected chi connectivity index (χ4v) is 3.43. The summed E-state index contributed by atoms with van der Waals surface area (Å²) in [7, 11) is -0.708. The molecule has 0 aromatic heterocycles.